The summed E-state index contributed by atoms with van der Waals surface area (Å²) in [5.41, 5.74) is 0. The molecule has 2 heteroatoms. The van der Waals surface area contributed by atoms with E-state index >= 15 is 0 Å². The second-order valence-corrected chi connectivity index (χ2v) is 2.05. The van der Waals surface area contributed by atoms with E-state index in [2.05, 4.69) is 17.8 Å². The Bertz CT molecular complexity index is 212. The summed E-state index contributed by atoms with van der Waals surface area (Å²) in [5.74, 6) is 6.63. The van der Waals surface area contributed by atoms with Crippen LogP contribution in [0.3, 0.4) is 0 Å². The highest BCUT2D eigenvalue weighted by Crippen LogP contribution is 1.97. The van der Waals surface area contributed by atoms with E-state index in [4.69, 9.17) is 11.5 Å². The third kappa shape index (κ3) is 8.59. The molecule has 0 fully saturated rings. The zero-order chi connectivity index (χ0) is 8.53. The Kier molecular flexibility index (Phi) is 5.85. The van der Waals surface area contributed by atoms with Gasteiger partial charge in [0, 0.05) is 12.8 Å². The van der Waals surface area contributed by atoms with Crippen molar-refractivity contribution in [2.75, 3.05) is 0 Å². The standard InChI is InChI=1S/C9H10O2/c1-2-3-4-5-6-7-8-9(10)11/h1H,5-8H2,(H,10,11). The first-order valence-electron chi connectivity index (χ1n) is 3.42. The van der Waals surface area contributed by atoms with Gasteiger partial charge in [-0.2, -0.15) is 0 Å². The maximum atomic E-state index is 10.0. The van der Waals surface area contributed by atoms with Gasteiger partial charge in [-0.05, 0) is 24.7 Å². The Morgan fingerprint density at radius 3 is 2.73 bits per heavy atom. The fraction of sp³-hybridized carbons (Fsp3) is 0.444. The van der Waals surface area contributed by atoms with Crippen LogP contribution >= 0.6 is 0 Å². The van der Waals surface area contributed by atoms with Crippen molar-refractivity contribution in [1.82, 2.24) is 0 Å². The predicted octanol–water partition coefficient (Wildman–Crippen LogP) is 1.27. The topological polar surface area (TPSA) is 37.3 Å². The molecular weight excluding hydrogens is 140 g/mol. The molecular formula is C9H10O2. The van der Waals surface area contributed by atoms with Crippen molar-refractivity contribution in [1.29, 1.82) is 0 Å². The Morgan fingerprint density at radius 2 is 2.18 bits per heavy atom. The summed E-state index contributed by atoms with van der Waals surface area (Å²) >= 11 is 0. The number of terminal acetylenes is 1. The average Bonchev–Trinajstić information content (AvgIpc) is 1.96. The molecule has 0 aliphatic rings. The molecule has 2 nitrogen and oxygen atoms in total. The average molecular weight is 150 g/mol. The van der Waals surface area contributed by atoms with Crippen LogP contribution in [0.1, 0.15) is 25.7 Å². The van der Waals surface area contributed by atoms with Crippen LogP contribution in [0, 0.1) is 24.2 Å². The number of hydrogen-bond donors (Lipinski definition) is 1. The summed E-state index contributed by atoms with van der Waals surface area (Å²) in [6, 6.07) is 0. The highest BCUT2D eigenvalue weighted by Gasteiger charge is 1.93. The molecule has 0 saturated carbocycles. The number of rotatable bonds is 4. The van der Waals surface area contributed by atoms with Crippen LogP contribution in [-0.4, -0.2) is 11.1 Å². The molecule has 0 rings (SSSR count). The van der Waals surface area contributed by atoms with Crippen LogP contribution in [0.25, 0.3) is 0 Å². The molecule has 0 heterocycles. The van der Waals surface area contributed by atoms with Crippen LogP contribution in [0.5, 0.6) is 0 Å². The monoisotopic (exact) mass is 150 g/mol. The fourth-order valence-electron chi connectivity index (χ4n) is 0.603. The Hall–Kier alpha value is -1.41. The number of unbranched alkanes of at least 4 members (excludes halogenated alkanes) is 2. The van der Waals surface area contributed by atoms with Crippen LogP contribution in [0.4, 0.5) is 0 Å². The minimum atomic E-state index is -0.755. The predicted molar refractivity (Wildman–Crippen MR) is 42.7 cm³/mol. The van der Waals surface area contributed by atoms with Gasteiger partial charge in [-0.1, -0.05) is 5.92 Å². The van der Waals surface area contributed by atoms with Crippen molar-refractivity contribution in [3.63, 3.8) is 0 Å². The molecule has 0 aliphatic carbocycles. The quantitative estimate of drug-likeness (QED) is 0.484. The molecule has 1 N–H and O–H groups in total. The molecule has 58 valence electrons. The maximum Gasteiger partial charge on any atom is 0.303 e. The van der Waals surface area contributed by atoms with Crippen molar-refractivity contribution in [3.8, 4) is 24.2 Å². The van der Waals surface area contributed by atoms with E-state index in [1.807, 2.05) is 0 Å². The summed E-state index contributed by atoms with van der Waals surface area (Å²) in [7, 11) is 0. The number of carbonyl (C=O) groups is 1. The summed E-state index contributed by atoms with van der Waals surface area (Å²) in [4.78, 5) is 10.0. The second kappa shape index (κ2) is 6.71. The SMILES string of the molecule is C#CC#CCCCCC(=O)O. The van der Waals surface area contributed by atoms with Gasteiger partial charge in [-0.15, -0.1) is 6.42 Å². The van der Waals surface area contributed by atoms with Crippen LogP contribution in [0.15, 0.2) is 0 Å². The zero-order valence-electron chi connectivity index (χ0n) is 6.26. The molecule has 0 atom stereocenters. The van der Waals surface area contributed by atoms with E-state index in [0.29, 0.717) is 12.8 Å². The highest BCUT2D eigenvalue weighted by molar-refractivity contribution is 5.66. The van der Waals surface area contributed by atoms with Crippen molar-refractivity contribution in [2.45, 2.75) is 25.7 Å². The highest BCUT2D eigenvalue weighted by atomic mass is 16.4. The molecule has 0 unspecified atom stereocenters. The minimum absolute atomic E-state index is 0.220. The Morgan fingerprint density at radius 1 is 1.45 bits per heavy atom. The third-order valence-electron chi connectivity index (χ3n) is 1.10. The number of carboxylic acid groups (broad SMARTS) is 1. The largest absolute Gasteiger partial charge is 0.481 e. The lowest BCUT2D eigenvalue weighted by Gasteiger charge is -1.89. The molecule has 11 heavy (non-hydrogen) atoms. The number of aliphatic carboxylic acids is 1. The van der Waals surface area contributed by atoms with Gasteiger partial charge in [0.15, 0.2) is 0 Å². The van der Waals surface area contributed by atoms with Crippen molar-refractivity contribution in [3.05, 3.63) is 0 Å². The number of carboxylic acids is 1. The van der Waals surface area contributed by atoms with Crippen LogP contribution < -0.4 is 0 Å². The van der Waals surface area contributed by atoms with Gasteiger partial charge < -0.3 is 5.11 Å². The minimum Gasteiger partial charge on any atom is -0.481 e. The lowest BCUT2D eigenvalue weighted by Crippen LogP contribution is -1.92. The summed E-state index contributed by atoms with van der Waals surface area (Å²) < 4.78 is 0. The van der Waals surface area contributed by atoms with E-state index in [9.17, 15) is 4.79 Å². The lowest BCUT2D eigenvalue weighted by atomic mass is 10.2. The smallest absolute Gasteiger partial charge is 0.303 e. The third-order valence-corrected chi connectivity index (χ3v) is 1.10. The van der Waals surface area contributed by atoms with Gasteiger partial charge in [-0.25, -0.2) is 0 Å². The van der Waals surface area contributed by atoms with E-state index < -0.39 is 5.97 Å². The molecule has 0 aromatic heterocycles. The van der Waals surface area contributed by atoms with Crippen molar-refractivity contribution in [2.24, 2.45) is 0 Å². The Balaban J connectivity index is 3.17. The molecule has 0 spiro atoms. The van der Waals surface area contributed by atoms with Crippen molar-refractivity contribution < 1.29 is 9.90 Å². The maximum absolute atomic E-state index is 10.0. The van der Waals surface area contributed by atoms with Gasteiger partial charge >= 0.3 is 5.97 Å². The molecule has 0 bridgehead atoms. The summed E-state index contributed by atoms with van der Waals surface area (Å²) in [6.07, 6.45) is 7.27. The first-order chi connectivity index (χ1) is 5.27. The van der Waals surface area contributed by atoms with Crippen LogP contribution in [0.2, 0.25) is 0 Å². The van der Waals surface area contributed by atoms with E-state index in [1.165, 1.54) is 0 Å². The molecule has 0 aliphatic heterocycles. The van der Waals surface area contributed by atoms with Crippen molar-refractivity contribution >= 4 is 5.97 Å². The first kappa shape index (κ1) is 9.59. The zero-order valence-corrected chi connectivity index (χ0v) is 6.26. The molecule has 0 saturated heterocycles. The fourth-order valence-corrected chi connectivity index (χ4v) is 0.603. The van der Waals surface area contributed by atoms with Gasteiger partial charge in [0.1, 0.15) is 0 Å². The number of hydrogen-bond acceptors (Lipinski definition) is 1. The molecule has 0 aromatic rings. The summed E-state index contributed by atoms with van der Waals surface area (Å²) in [6.45, 7) is 0. The van der Waals surface area contributed by atoms with Crippen LogP contribution in [-0.2, 0) is 4.79 Å². The van der Waals surface area contributed by atoms with Gasteiger partial charge in [0.05, 0.1) is 0 Å². The Labute approximate surface area is 66.6 Å². The molecule has 0 aromatic carbocycles. The molecule has 0 amide bonds. The second-order valence-electron chi connectivity index (χ2n) is 2.05. The lowest BCUT2D eigenvalue weighted by molar-refractivity contribution is -0.137. The normalized spacial score (nSPS) is 7.55. The van der Waals surface area contributed by atoms with Gasteiger partial charge in [0.25, 0.3) is 0 Å². The molecule has 0 radical (unpaired) electrons. The van der Waals surface area contributed by atoms with E-state index in [-0.39, 0.29) is 6.42 Å². The first-order valence-corrected chi connectivity index (χ1v) is 3.42. The van der Waals surface area contributed by atoms with E-state index in [1.54, 1.807) is 0 Å². The summed E-state index contributed by atoms with van der Waals surface area (Å²) in [5, 5.41) is 8.25. The van der Waals surface area contributed by atoms with Gasteiger partial charge in [-0.3, -0.25) is 4.79 Å². The van der Waals surface area contributed by atoms with E-state index in [0.717, 1.165) is 6.42 Å². The van der Waals surface area contributed by atoms with Gasteiger partial charge in [0.2, 0.25) is 0 Å².